The zero-order valence-corrected chi connectivity index (χ0v) is 11.3. The molecule has 1 amide bonds. The van der Waals surface area contributed by atoms with E-state index in [9.17, 15) is 4.79 Å². The normalized spacial score (nSPS) is 29.3. The summed E-state index contributed by atoms with van der Waals surface area (Å²) in [6.45, 7) is 0. The highest BCUT2D eigenvalue weighted by atomic mass is 79.9. The predicted octanol–water partition coefficient (Wildman–Crippen LogP) is 2.71. The van der Waals surface area contributed by atoms with Crippen LogP contribution in [0.2, 0.25) is 0 Å². The molecule has 0 spiro atoms. The smallest absolute Gasteiger partial charge is 0.233 e. The van der Waals surface area contributed by atoms with Crippen LogP contribution < -0.4 is 5.32 Å². The summed E-state index contributed by atoms with van der Waals surface area (Å²) < 4.78 is 0. The van der Waals surface area contributed by atoms with E-state index in [4.69, 9.17) is 0 Å². The molecule has 1 heterocycles. The predicted molar refractivity (Wildman–Crippen MR) is 68.6 cm³/mol. The number of amides is 1. The van der Waals surface area contributed by atoms with Crippen LogP contribution in [0.1, 0.15) is 38.5 Å². The molecule has 1 saturated carbocycles. The second kappa shape index (κ2) is 5.09. The Bertz CT molecular complexity index is 231. The van der Waals surface area contributed by atoms with Crippen molar-refractivity contribution in [1.82, 2.24) is 5.32 Å². The Hall–Kier alpha value is 0.300. The average Bonchev–Trinajstić information content (AvgIpc) is 2.24. The lowest BCUT2D eigenvalue weighted by Crippen LogP contribution is -2.57. The maximum absolute atomic E-state index is 12.0. The van der Waals surface area contributed by atoms with Crippen molar-refractivity contribution in [2.24, 2.45) is 0 Å². The molecular formula is C11H18BrNOS. The second-order valence-electron chi connectivity index (χ2n) is 4.61. The summed E-state index contributed by atoms with van der Waals surface area (Å²) in [5.74, 6) is 1.43. The Morgan fingerprint density at radius 3 is 2.67 bits per heavy atom. The summed E-state index contributed by atoms with van der Waals surface area (Å²) >= 11 is 5.34. The van der Waals surface area contributed by atoms with Crippen LogP contribution in [0, 0.1) is 0 Å². The van der Waals surface area contributed by atoms with E-state index >= 15 is 0 Å². The van der Waals surface area contributed by atoms with Gasteiger partial charge in [-0.1, -0.05) is 22.4 Å². The largest absolute Gasteiger partial charge is 0.349 e. The highest BCUT2D eigenvalue weighted by molar-refractivity contribution is 9.09. The highest BCUT2D eigenvalue weighted by Gasteiger charge is 2.38. The van der Waals surface area contributed by atoms with E-state index in [0.29, 0.717) is 0 Å². The molecule has 1 unspecified atom stereocenters. The number of carbonyl (C=O) groups excluding carboxylic acids is 1. The molecule has 2 nitrogen and oxygen atoms in total. The van der Waals surface area contributed by atoms with E-state index in [0.717, 1.165) is 30.3 Å². The minimum absolute atomic E-state index is 0.0924. The fraction of sp³-hybridized carbons (Fsp3) is 0.909. The number of nitrogens with one attached hydrogen (secondary N) is 1. The van der Waals surface area contributed by atoms with Gasteiger partial charge in [0.1, 0.15) is 0 Å². The molecule has 2 fully saturated rings. The zero-order valence-electron chi connectivity index (χ0n) is 8.93. The third kappa shape index (κ3) is 2.70. The van der Waals surface area contributed by atoms with Crippen molar-refractivity contribution in [2.45, 2.75) is 49.3 Å². The Balaban J connectivity index is 1.85. The molecule has 86 valence electrons. The molecule has 1 aliphatic carbocycles. The average molecular weight is 292 g/mol. The number of rotatable bonds is 3. The molecule has 0 aromatic carbocycles. The van der Waals surface area contributed by atoms with Gasteiger partial charge in [-0.05, 0) is 37.9 Å². The number of hydrogen-bond donors (Lipinski definition) is 1. The van der Waals surface area contributed by atoms with E-state index < -0.39 is 0 Å². The summed E-state index contributed by atoms with van der Waals surface area (Å²) in [7, 11) is 0. The topological polar surface area (TPSA) is 29.1 Å². The van der Waals surface area contributed by atoms with E-state index in [2.05, 4.69) is 21.2 Å². The van der Waals surface area contributed by atoms with Gasteiger partial charge < -0.3 is 5.32 Å². The van der Waals surface area contributed by atoms with Gasteiger partial charge in [0.05, 0.1) is 5.25 Å². The van der Waals surface area contributed by atoms with Crippen molar-refractivity contribution in [1.29, 1.82) is 0 Å². The summed E-state index contributed by atoms with van der Waals surface area (Å²) in [5, 5.41) is 4.37. The van der Waals surface area contributed by atoms with E-state index in [1.807, 2.05) is 11.8 Å². The number of hydrogen-bond acceptors (Lipinski definition) is 2. The highest BCUT2D eigenvalue weighted by Crippen LogP contribution is 2.34. The number of alkyl halides is 1. The fourth-order valence-electron chi connectivity index (χ4n) is 2.18. The van der Waals surface area contributed by atoms with Gasteiger partial charge in [0.25, 0.3) is 0 Å². The summed E-state index contributed by atoms with van der Waals surface area (Å²) in [4.78, 5) is 12.0. The molecule has 15 heavy (non-hydrogen) atoms. The first-order chi connectivity index (χ1) is 7.26. The van der Waals surface area contributed by atoms with Crippen molar-refractivity contribution >= 4 is 33.6 Å². The molecule has 0 radical (unpaired) electrons. The fourth-order valence-corrected chi connectivity index (χ4v) is 4.08. The van der Waals surface area contributed by atoms with Gasteiger partial charge in [-0.15, -0.1) is 11.8 Å². The van der Waals surface area contributed by atoms with Crippen LogP contribution in [0.15, 0.2) is 0 Å². The van der Waals surface area contributed by atoms with Crippen LogP contribution in [0.5, 0.6) is 0 Å². The monoisotopic (exact) mass is 291 g/mol. The second-order valence-corrected chi connectivity index (χ2v) is 6.48. The standard InChI is InChI=1S/C11H18BrNOS/c12-8-11(5-3-6-11)13-10(14)9-4-1-2-7-15-9/h9H,1-8H2,(H,13,14). The molecule has 1 aliphatic heterocycles. The van der Waals surface area contributed by atoms with Crippen LogP contribution in [-0.2, 0) is 4.79 Å². The van der Waals surface area contributed by atoms with Gasteiger partial charge in [0.15, 0.2) is 0 Å². The van der Waals surface area contributed by atoms with Crippen molar-refractivity contribution in [3.05, 3.63) is 0 Å². The minimum atomic E-state index is 0.0924. The third-order valence-corrected chi connectivity index (χ3v) is 5.88. The van der Waals surface area contributed by atoms with Crippen LogP contribution in [-0.4, -0.2) is 27.8 Å². The minimum Gasteiger partial charge on any atom is -0.349 e. The van der Waals surface area contributed by atoms with Crippen molar-refractivity contribution in [3.8, 4) is 0 Å². The Kier molecular flexibility index (Phi) is 3.99. The Labute approximate surface area is 104 Å². The zero-order chi connectivity index (χ0) is 10.7. The first kappa shape index (κ1) is 11.8. The van der Waals surface area contributed by atoms with Gasteiger partial charge in [0.2, 0.25) is 5.91 Å². The molecule has 1 N–H and O–H groups in total. The first-order valence-electron chi connectivity index (χ1n) is 5.75. The molecule has 0 aromatic heterocycles. The maximum atomic E-state index is 12.0. The number of thioether (sulfide) groups is 1. The summed E-state index contributed by atoms with van der Waals surface area (Å²) in [6, 6.07) is 0. The van der Waals surface area contributed by atoms with Crippen LogP contribution in [0.4, 0.5) is 0 Å². The van der Waals surface area contributed by atoms with Crippen LogP contribution >= 0.6 is 27.7 Å². The van der Waals surface area contributed by atoms with Crippen molar-refractivity contribution < 1.29 is 4.79 Å². The number of carbonyl (C=O) groups is 1. The summed E-state index contributed by atoms with van der Waals surface area (Å²) in [6.07, 6.45) is 7.09. The molecule has 1 saturated heterocycles. The lowest BCUT2D eigenvalue weighted by Gasteiger charge is -2.42. The molecule has 0 aromatic rings. The van der Waals surface area contributed by atoms with E-state index in [-0.39, 0.29) is 16.7 Å². The van der Waals surface area contributed by atoms with E-state index in [1.54, 1.807) is 0 Å². The molecular weight excluding hydrogens is 274 g/mol. The Morgan fingerprint density at radius 2 is 2.20 bits per heavy atom. The van der Waals surface area contributed by atoms with Crippen LogP contribution in [0.3, 0.4) is 0 Å². The number of halogens is 1. The molecule has 4 heteroatoms. The molecule has 2 aliphatic rings. The van der Waals surface area contributed by atoms with Crippen molar-refractivity contribution in [2.75, 3.05) is 11.1 Å². The van der Waals surface area contributed by atoms with Gasteiger partial charge in [0, 0.05) is 10.9 Å². The molecule has 0 bridgehead atoms. The summed E-state index contributed by atoms with van der Waals surface area (Å²) in [5.41, 5.74) is 0.0924. The van der Waals surface area contributed by atoms with Gasteiger partial charge in [-0.25, -0.2) is 0 Å². The quantitative estimate of drug-likeness (QED) is 0.810. The van der Waals surface area contributed by atoms with Gasteiger partial charge >= 0.3 is 0 Å². The lowest BCUT2D eigenvalue weighted by atomic mass is 9.78. The van der Waals surface area contributed by atoms with Crippen molar-refractivity contribution in [3.63, 3.8) is 0 Å². The lowest BCUT2D eigenvalue weighted by molar-refractivity contribution is -0.123. The van der Waals surface area contributed by atoms with Crippen LogP contribution in [0.25, 0.3) is 0 Å². The maximum Gasteiger partial charge on any atom is 0.233 e. The van der Waals surface area contributed by atoms with Gasteiger partial charge in [-0.2, -0.15) is 0 Å². The molecule has 2 rings (SSSR count). The Morgan fingerprint density at radius 1 is 1.40 bits per heavy atom. The third-order valence-electron chi connectivity index (χ3n) is 3.43. The first-order valence-corrected chi connectivity index (χ1v) is 7.92. The van der Waals surface area contributed by atoms with Gasteiger partial charge in [-0.3, -0.25) is 4.79 Å². The molecule has 1 atom stereocenters. The SMILES string of the molecule is O=C(NC1(CBr)CCC1)C1CCCCS1. The van der Waals surface area contributed by atoms with E-state index in [1.165, 1.54) is 19.3 Å².